The number of hydrogen-bond acceptors (Lipinski definition) is 3. The van der Waals surface area contributed by atoms with Crippen LogP contribution in [0.15, 0.2) is 54.2 Å². The molecule has 2 aromatic carbocycles. The van der Waals surface area contributed by atoms with Crippen LogP contribution in [0, 0.1) is 10.1 Å². The molecular formula is C17H16N2O2. The molecule has 0 radical (unpaired) electrons. The van der Waals surface area contributed by atoms with E-state index >= 15 is 0 Å². The van der Waals surface area contributed by atoms with E-state index in [2.05, 4.69) is 24.4 Å². The predicted molar refractivity (Wildman–Crippen MR) is 82.8 cm³/mol. The van der Waals surface area contributed by atoms with Crippen LogP contribution in [-0.4, -0.2) is 4.92 Å². The van der Waals surface area contributed by atoms with Gasteiger partial charge in [-0.1, -0.05) is 36.4 Å². The smallest absolute Gasteiger partial charge is 0.270 e. The van der Waals surface area contributed by atoms with Crippen molar-refractivity contribution in [2.45, 2.75) is 19.4 Å². The largest absolute Gasteiger partial charge is 0.382 e. The van der Waals surface area contributed by atoms with Crippen molar-refractivity contribution in [2.24, 2.45) is 0 Å². The Kier molecular flexibility index (Phi) is 3.44. The first-order valence-electron chi connectivity index (χ1n) is 6.93. The Labute approximate surface area is 123 Å². The maximum atomic E-state index is 10.8. The van der Waals surface area contributed by atoms with Crippen LogP contribution in [0.25, 0.3) is 6.08 Å². The first kappa shape index (κ1) is 13.4. The van der Waals surface area contributed by atoms with Crippen molar-refractivity contribution in [1.82, 2.24) is 5.32 Å². The zero-order chi connectivity index (χ0) is 14.8. The summed E-state index contributed by atoms with van der Waals surface area (Å²) < 4.78 is 0. The van der Waals surface area contributed by atoms with Crippen molar-refractivity contribution in [3.05, 3.63) is 81.0 Å². The van der Waals surface area contributed by atoms with E-state index in [1.165, 1.54) is 5.56 Å². The van der Waals surface area contributed by atoms with E-state index in [0.29, 0.717) is 0 Å². The molecule has 0 spiro atoms. The topological polar surface area (TPSA) is 55.2 Å². The average molecular weight is 280 g/mol. The van der Waals surface area contributed by atoms with Crippen molar-refractivity contribution in [3.63, 3.8) is 0 Å². The average Bonchev–Trinajstić information content (AvgIpc) is 2.89. The lowest BCUT2D eigenvalue weighted by atomic mass is 10.1. The summed E-state index contributed by atoms with van der Waals surface area (Å²) in [5.41, 5.74) is 4.53. The fraction of sp³-hybridized carbons (Fsp3) is 0.176. The Morgan fingerprint density at radius 1 is 1.19 bits per heavy atom. The van der Waals surface area contributed by atoms with E-state index in [1.54, 1.807) is 12.1 Å². The minimum Gasteiger partial charge on any atom is -0.382 e. The summed E-state index contributed by atoms with van der Waals surface area (Å²) in [7, 11) is 0. The highest BCUT2D eigenvalue weighted by Crippen LogP contribution is 2.28. The van der Waals surface area contributed by atoms with Gasteiger partial charge in [0.1, 0.15) is 0 Å². The highest BCUT2D eigenvalue weighted by Gasteiger charge is 2.17. The molecule has 0 saturated carbocycles. The van der Waals surface area contributed by atoms with Crippen LogP contribution >= 0.6 is 0 Å². The normalized spacial score (nSPS) is 14.2. The van der Waals surface area contributed by atoms with Crippen LogP contribution in [0.2, 0.25) is 0 Å². The van der Waals surface area contributed by atoms with E-state index < -0.39 is 0 Å². The van der Waals surface area contributed by atoms with E-state index in [-0.39, 0.29) is 16.7 Å². The van der Waals surface area contributed by atoms with Crippen molar-refractivity contribution >= 4 is 11.8 Å². The third-order valence-corrected chi connectivity index (χ3v) is 3.75. The maximum absolute atomic E-state index is 10.8. The molecular weight excluding hydrogens is 264 g/mol. The van der Waals surface area contributed by atoms with Crippen LogP contribution in [0.5, 0.6) is 0 Å². The Hall–Kier alpha value is -2.62. The van der Waals surface area contributed by atoms with Gasteiger partial charge in [-0.15, -0.1) is 0 Å². The van der Waals surface area contributed by atoms with Gasteiger partial charge < -0.3 is 5.32 Å². The third kappa shape index (κ3) is 2.79. The molecule has 0 bridgehead atoms. The number of rotatable bonds is 4. The van der Waals surface area contributed by atoms with Crippen LogP contribution in [0.4, 0.5) is 5.69 Å². The molecule has 0 aromatic heterocycles. The van der Waals surface area contributed by atoms with Crippen molar-refractivity contribution in [2.75, 3.05) is 0 Å². The monoisotopic (exact) mass is 280 g/mol. The quantitative estimate of drug-likeness (QED) is 0.683. The molecule has 0 saturated heterocycles. The number of fused-ring (bicyclic) bond motifs is 1. The fourth-order valence-corrected chi connectivity index (χ4v) is 2.63. The Morgan fingerprint density at radius 2 is 1.95 bits per heavy atom. The molecule has 1 unspecified atom stereocenters. The molecule has 1 aliphatic carbocycles. The number of hydrogen-bond donors (Lipinski definition) is 1. The molecule has 106 valence electrons. The van der Waals surface area contributed by atoms with Crippen LogP contribution in [0.3, 0.4) is 0 Å². The summed E-state index contributed by atoms with van der Waals surface area (Å²) in [5, 5.41) is 14.3. The maximum Gasteiger partial charge on any atom is 0.270 e. The van der Waals surface area contributed by atoms with E-state index in [0.717, 1.165) is 23.2 Å². The van der Waals surface area contributed by atoms with Crippen LogP contribution in [-0.2, 0) is 6.42 Å². The zero-order valence-electron chi connectivity index (χ0n) is 11.7. The highest BCUT2D eigenvalue weighted by atomic mass is 16.6. The van der Waals surface area contributed by atoms with Crippen molar-refractivity contribution in [3.8, 4) is 0 Å². The molecule has 1 atom stereocenters. The van der Waals surface area contributed by atoms with Gasteiger partial charge in [0, 0.05) is 30.3 Å². The van der Waals surface area contributed by atoms with Gasteiger partial charge in [0.05, 0.1) is 4.92 Å². The lowest BCUT2D eigenvalue weighted by Crippen LogP contribution is -2.17. The second kappa shape index (κ2) is 5.40. The van der Waals surface area contributed by atoms with E-state index in [1.807, 2.05) is 30.3 Å². The molecule has 0 aliphatic heterocycles. The Morgan fingerprint density at radius 3 is 2.67 bits per heavy atom. The number of allylic oxidation sites excluding steroid dienone is 1. The van der Waals surface area contributed by atoms with Gasteiger partial charge in [-0.25, -0.2) is 0 Å². The van der Waals surface area contributed by atoms with Crippen molar-refractivity contribution in [1.29, 1.82) is 0 Å². The first-order chi connectivity index (χ1) is 10.1. The molecule has 2 aromatic rings. The van der Waals surface area contributed by atoms with E-state index in [4.69, 9.17) is 0 Å². The number of benzene rings is 2. The molecule has 0 amide bonds. The summed E-state index contributed by atoms with van der Waals surface area (Å²) >= 11 is 0. The Bertz CT molecular complexity index is 708. The molecule has 1 aliphatic rings. The summed E-state index contributed by atoms with van der Waals surface area (Å²) in [6.45, 7) is 2.11. The number of nitro groups is 1. The number of nitrogens with one attached hydrogen (secondary N) is 1. The molecule has 4 nitrogen and oxygen atoms in total. The predicted octanol–water partition coefficient (Wildman–Crippen LogP) is 3.84. The lowest BCUT2D eigenvalue weighted by molar-refractivity contribution is -0.384. The standard InChI is InChI=1S/C17H16N2O2/c1-12(13-5-3-2-4-6-13)18-16-9-14-7-8-17(19(20)21)11-15(14)10-16/h2-8,10-12,18H,9H2,1H3. The third-order valence-electron chi connectivity index (χ3n) is 3.75. The van der Waals surface area contributed by atoms with Gasteiger partial charge in [-0.05, 0) is 29.7 Å². The summed E-state index contributed by atoms with van der Waals surface area (Å²) in [6.07, 6.45) is 2.80. The summed E-state index contributed by atoms with van der Waals surface area (Å²) in [6, 6.07) is 15.5. The number of non-ortho nitro benzene ring substituents is 1. The minimum absolute atomic E-state index is 0.141. The first-order valence-corrected chi connectivity index (χ1v) is 6.93. The minimum atomic E-state index is -0.355. The molecule has 0 fully saturated rings. The molecule has 21 heavy (non-hydrogen) atoms. The van der Waals surface area contributed by atoms with Gasteiger partial charge in [0.25, 0.3) is 5.69 Å². The van der Waals surface area contributed by atoms with E-state index in [9.17, 15) is 10.1 Å². The second-order valence-electron chi connectivity index (χ2n) is 5.26. The van der Waals surface area contributed by atoms with Crippen LogP contribution < -0.4 is 5.32 Å². The van der Waals surface area contributed by atoms with Gasteiger partial charge in [-0.2, -0.15) is 0 Å². The Balaban J connectivity index is 1.77. The lowest BCUT2D eigenvalue weighted by Gasteiger charge is -2.16. The van der Waals surface area contributed by atoms with Gasteiger partial charge in [0.15, 0.2) is 0 Å². The summed E-state index contributed by atoms with van der Waals surface area (Å²) in [4.78, 5) is 10.5. The molecule has 3 rings (SSSR count). The zero-order valence-corrected chi connectivity index (χ0v) is 11.7. The molecule has 0 heterocycles. The second-order valence-corrected chi connectivity index (χ2v) is 5.26. The number of nitrogens with zero attached hydrogens (tertiary/aromatic N) is 1. The fourth-order valence-electron chi connectivity index (χ4n) is 2.63. The van der Waals surface area contributed by atoms with Gasteiger partial charge in [0.2, 0.25) is 0 Å². The van der Waals surface area contributed by atoms with Crippen LogP contribution in [0.1, 0.15) is 29.7 Å². The molecule has 1 N–H and O–H groups in total. The van der Waals surface area contributed by atoms with Gasteiger partial charge in [-0.3, -0.25) is 10.1 Å². The van der Waals surface area contributed by atoms with Crippen molar-refractivity contribution < 1.29 is 4.92 Å². The molecule has 4 heteroatoms. The summed E-state index contributed by atoms with van der Waals surface area (Å²) in [5.74, 6) is 0. The van der Waals surface area contributed by atoms with Gasteiger partial charge >= 0.3 is 0 Å². The highest BCUT2D eigenvalue weighted by molar-refractivity contribution is 5.65. The SMILES string of the molecule is CC(NC1=Cc2cc([N+](=O)[O-])ccc2C1)c1ccccc1. The number of nitro benzene ring substituents is 1.